The van der Waals surface area contributed by atoms with Crippen molar-refractivity contribution in [3.63, 3.8) is 0 Å². The van der Waals surface area contributed by atoms with Crippen LogP contribution in [0, 0.1) is 0 Å². The van der Waals surface area contributed by atoms with E-state index in [2.05, 4.69) is 25.3 Å². The third-order valence-electron chi connectivity index (χ3n) is 5.55. The van der Waals surface area contributed by atoms with Crippen LogP contribution in [0.3, 0.4) is 0 Å². The predicted molar refractivity (Wildman–Crippen MR) is 113 cm³/mol. The number of benzene rings is 1. The largest absolute Gasteiger partial charge is 0.355 e. The van der Waals surface area contributed by atoms with Gasteiger partial charge in [-0.05, 0) is 43.9 Å². The van der Waals surface area contributed by atoms with Gasteiger partial charge in [0.2, 0.25) is 0 Å². The Morgan fingerprint density at radius 3 is 2.71 bits per heavy atom. The topological polar surface area (TPSA) is 80.6 Å². The zero-order valence-corrected chi connectivity index (χ0v) is 17.6. The van der Waals surface area contributed by atoms with Gasteiger partial charge in [0.1, 0.15) is 0 Å². The van der Waals surface area contributed by atoms with Crippen LogP contribution in [0.5, 0.6) is 0 Å². The Morgan fingerprint density at radius 1 is 1.26 bits per heavy atom. The molecule has 1 aromatic carbocycles. The molecule has 0 unspecified atom stereocenters. The van der Waals surface area contributed by atoms with E-state index in [-0.39, 0.29) is 11.8 Å². The van der Waals surface area contributed by atoms with Crippen LogP contribution in [0.2, 0.25) is 5.02 Å². The van der Waals surface area contributed by atoms with Gasteiger partial charge in [-0.15, -0.1) is 0 Å². The third kappa shape index (κ3) is 4.62. The number of nitrogens with zero attached hydrogens (tertiary/aromatic N) is 3. The first kappa shape index (κ1) is 21.5. The van der Waals surface area contributed by atoms with Crippen molar-refractivity contribution < 1.29 is 18.3 Å². The minimum absolute atomic E-state index is 0.212. The number of fused-ring (bicyclic) bond motifs is 1. The summed E-state index contributed by atoms with van der Waals surface area (Å²) in [5.74, 6) is 0.500. The average molecular weight is 450 g/mol. The highest BCUT2D eigenvalue weighted by Crippen LogP contribution is 2.35. The first-order chi connectivity index (χ1) is 15.0. The maximum Gasteiger partial charge on any atom is 0.345 e. The van der Waals surface area contributed by atoms with Gasteiger partial charge in [-0.3, -0.25) is 9.20 Å². The lowest BCUT2D eigenvalue weighted by Crippen LogP contribution is -2.23. The lowest BCUT2D eigenvalue weighted by Gasteiger charge is -2.28. The summed E-state index contributed by atoms with van der Waals surface area (Å²) in [5, 5.41) is 6.07. The summed E-state index contributed by atoms with van der Waals surface area (Å²) in [6.07, 6.45) is 7.63. The van der Waals surface area contributed by atoms with Gasteiger partial charge in [-0.2, -0.15) is 8.78 Å². The quantitative estimate of drug-likeness (QED) is 0.567. The summed E-state index contributed by atoms with van der Waals surface area (Å²) in [6.45, 7) is -2.73. The number of hydrogen-bond acceptors (Lipinski definition) is 5. The van der Waals surface area contributed by atoms with Crippen LogP contribution in [0.4, 0.5) is 20.3 Å². The highest BCUT2D eigenvalue weighted by molar-refractivity contribution is 6.34. The van der Waals surface area contributed by atoms with Gasteiger partial charge < -0.3 is 15.4 Å². The number of alkyl halides is 2. The molecule has 1 aliphatic carbocycles. The number of halogens is 3. The minimum atomic E-state index is -2.73. The fourth-order valence-electron chi connectivity index (χ4n) is 4.02. The molecule has 1 aliphatic rings. The normalized spacial score (nSPS) is 19.0. The van der Waals surface area contributed by atoms with Crippen molar-refractivity contribution in [1.29, 1.82) is 0 Å². The standard InChI is InChI=1S/C21H22ClF2N5O2/c1-25-20(30)15-7-4-13(10-16(15)22)28-18-19-27-11-17(29(19)9-8-26-18)12-2-5-14(6-3-12)31-21(23)24/h4,7-12,14,21H,2-3,5-6H2,1H3,(H,25,30)(H,26,28). The molecular formula is C21H22ClF2N5O2. The molecule has 2 N–H and O–H groups in total. The number of anilines is 2. The SMILES string of the molecule is CNC(=O)c1ccc(Nc2nccn3c(C4CCC(OC(F)F)CC4)cnc23)cc1Cl. The first-order valence-electron chi connectivity index (χ1n) is 10.0. The summed E-state index contributed by atoms with van der Waals surface area (Å²) in [7, 11) is 1.55. The van der Waals surface area contributed by atoms with Crippen LogP contribution < -0.4 is 10.6 Å². The van der Waals surface area contributed by atoms with Gasteiger partial charge in [0, 0.05) is 42.9 Å². The molecule has 0 aliphatic heterocycles. The van der Waals surface area contributed by atoms with E-state index < -0.39 is 12.7 Å². The third-order valence-corrected chi connectivity index (χ3v) is 5.86. The lowest BCUT2D eigenvalue weighted by molar-refractivity contribution is -0.170. The lowest BCUT2D eigenvalue weighted by atomic mass is 9.85. The molecule has 1 fully saturated rings. The summed E-state index contributed by atoms with van der Waals surface area (Å²) in [5.41, 5.74) is 2.72. The second kappa shape index (κ2) is 9.15. The number of hydrogen-bond donors (Lipinski definition) is 2. The van der Waals surface area contributed by atoms with Crippen LogP contribution >= 0.6 is 11.6 Å². The van der Waals surface area contributed by atoms with Gasteiger partial charge in [-0.25, -0.2) is 9.97 Å². The highest BCUT2D eigenvalue weighted by Gasteiger charge is 2.27. The van der Waals surface area contributed by atoms with Crippen molar-refractivity contribution >= 4 is 34.7 Å². The molecule has 3 aromatic rings. The van der Waals surface area contributed by atoms with Gasteiger partial charge >= 0.3 is 6.61 Å². The predicted octanol–water partition coefficient (Wildman–Crippen LogP) is 4.75. The Morgan fingerprint density at radius 2 is 2.03 bits per heavy atom. The Kier molecular flexibility index (Phi) is 6.33. The first-order valence-corrected chi connectivity index (χ1v) is 10.4. The molecule has 1 saturated carbocycles. The van der Waals surface area contributed by atoms with E-state index in [4.69, 9.17) is 11.6 Å². The molecule has 10 heteroatoms. The Labute approximate surface area is 182 Å². The van der Waals surface area contributed by atoms with Gasteiger partial charge in [-0.1, -0.05) is 11.6 Å². The van der Waals surface area contributed by atoms with Crippen molar-refractivity contribution in [2.45, 2.75) is 44.3 Å². The summed E-state index contributed by atoms with van der Waals surface area (Å²) in [4.78, 5) is 20.7. The number of ether oxygens (including phenoxy) is 1. The van der Waals surface area contributed by atoms with Crippen molar-refractivity contribution in [3.8, 4) is 0 Å². The van der Waals surface area contributed by atoms with E-state index >= 15 is 0 Å². The number of amides is 1. The molecule has 0 bridgehead atoms. The highest BCUT2D eigenvalue weighted by atomic mass is 35.5. The molecule has 164 valence electrons. The van der Waals surface area contributed by atoms with E-state index in [1.54, 1.807) is 31.4 Å². The van der Waals surface area contributed by atoms with Crippen molar-refractivity contribution in [2.24, 2.45) is 0 Å². The van der Waals surface area contributed by atoms with Crippen molar-refractivity contribution in [1.82, 2.24) is 19.7 Å². The fourth-order valence-corrected chi connectivity index (χ4v) is 4.28. The number of imidazole rings is 1. The van der Waals surface area contributed by atoms with Crippen molar-refractivity contribution in [2.75, 3.05) is 12.4 Å². The molecule has 0 saturated heterocycles. The van der Waals surface area contributed by atoms with Crippen LogP contribution in [0.1, 0.15) is 47.7 Å². The molecule has 2 aromatic heterocycles. The number of rotatable bonds is 6. The molecule has 31 heavy (non-hydrogen) atoms. The van der Waals surface area contributed by atoms with E-state index in [9.17, 15) is 13.6 Å². The second-order valence-electron chi connectivity index (χ2n) is 7.42. The molecule has 1 amide bonds. The number of carbonyl (C=O) groups is 1. The molecule has 7 nitrogen and oxygen atoms in total. The van der Waals surface area contributed by atoms with Gasteiger partial charge in [0.05, 0.1) is 16.7 Å². The molecule has 0 spiro atoms. The monoisotopic (exact) mass is 449 g/mol. The summed E-state index contributed by atoms with van der Waals surface area (Å²) >= 11 is 6.24. The Balaban J connectivity index is 1.53. The van der Waals surface area contributed by atoms with Crippen LogP contribution in [-0.4, -0.2) is 40.0 Å². The van der Waals surface area contributed by atoms with Gasteiger partial charge in [0.15, 0.2) is 11.5 Å². The summed E-state index contributed by atoms with van der Waals surface area (Å²) < 4.78 is 31.5. The number of nitrogens with one attached hydrogen (secondary N) is 2. The second-order valence-corrected chi connectivity index (χ2v) is 7.83. The van der Waals surface area contributed by atoms with Gasteiger partial charge in [0.25, 0.3) is 5.91 Å². The minimum Gasteiger partial charge on any atom is -0.355 e. The number of carbonyl (C=O) groups excluding carboxylic acids is 1. The fraction of sp³-hybridized carbons (Fsp3) is 0.381. The zero-order chi connectivity index (χ0) is 22.0. The Bertz CT molecular complexity index is 1080. The van der Waals surface area contributed by atoms with E-state index in [0.29, 0.717) is 40.6 Å². The van der Waals surface area contributed by atoms with Crippen LogP contribution in [0.15, 0.2) is 36.8 Å². The maximum absolute atomic E-state index is 12.4. The van der Waals surface area contributed by atoms with E-state index in [1.165, 1.54) is 0 Å². The molecule has 4 rings (SSSR count). The number of aromatic nitrogens is 3. The molecular weight excluding hydrogens is 428 g/mol. The maximum atomic E-state index is 12.4. The van der Waals surface area contributed by atoms with Crippen LogP contribution in [0.25, 0.3) is 5.65 Å². The molecule has 0 radical (unpaired) electrons. The summed E-state index contributed by atoms with van der Waals surface area (Å²) in [6, 6.07) is 5.04. The van der Waals surface area contributed by atoms with E-state index in [1.807, 2.05) is 16.8 Å². The average Bonchev–Trinajstić information content (AvgIpc) is 3.19. The molecule has 0 atom stereocenters. The molecule has 2 heterocycles. The Hall–Kier alpha value is -2.78. The van der Waals surface area contributed by atoms with E-state index in [0.717, 1.165) is 18.5 Å². The van der Waals surface area contributed by atoms with Crippen LogP contribution in [-0.2, 0) is 4.74 Å². The zero-order valence-electron chi connectivity index (χ0n) is 16.8. The smallest absolute Gasteiger partial charge is 0.345 e. The van der Waals surface area contributed by atoms with Crippen molar-refractivity contribution in [3.05, 3.63) is 53.1 Å².